The summed E-state index contributed by atoms with van der Waals surface area (Å²) >= 11 is 0. The summed E-state index contributed by atoms with van der Waals surface area (Å²) in [6.07, 6.45) is 11.7. The van der Waals surface area contributed by atoms with Gasteiger partial charge in [-0.3, -0.25) is 0 Å². The number of para-hydroxylation sites is 1. The summed E-state index contributed by atoms with van der Waals surface area (Å²) < 4.78 is 2.21. The summed E-state index contributed by atoms with van der Waals surface area (Å²) in [5, 5.41) is 0. The number of benzene rings is 1. The molecule has 0 aliphatic carbocycles. The summed E-state index contributed by atoms with van der Waals surface area (Å²) in [6.45, 7) is 8.05. The first-order valence-corrected chi connectivity index (χ1v) is 6.98. The van der Waals surface area contributed by atoms with Crippen LogP contribution >= 0.6 is 0 Å². The highest BCUT2D eigenvalue weighted by atomic mass is 15.0. The van der Waals surface area contributed by atoms with E-state index in [0.717, 1.165) is 12.0 Å². The summed E-state index contributed by atoms with van der Waals surface area (Å²) in [7, 11) is 0. The SMILES string of the molecule is C=C(C)/C=C\c1cc(/C=C\CC)n(-c2ccccc2)c1. The predicted molar refractivity (Wildman–Crippen MR) is 88.9 cm³/mol. The molecular weight excluding hydrogens is 242 g/mol. The number of nitrogens with zero attached hydrogens (tertiary/aromatic N) is 1. The molecule has 0 radical (unpaired) electrons. The van der Waals surface area contributed by atoms with Gasteiger partial charge in [-0.05, 0) is 43.2 Å². The molecule has 2 rings (SSSR count). The van der Waals surface area contributed by atoms with E-state index in [2.05, 4.69) is 72.8 Å². The van der Waals surface area contributed by atoms with Crippen molar-refractivity contribution in [3.05, 3.63) is 78.2 Å². The third-order valence-electron chi connectivity index (χ3n) is 2.99. The lowest BCUT2D eigenvalue weighted by Crippen LogP contribution is -1.93. The van der Waals surface area contributed by atoms with Crippen LogP contribution in [0.1, 0.15) is 31.5 Å². The molecule has 0 aliphatic heterocycles. The van der Waals surface area contributed by atoms with E-state index < -0.39 is 0 Å². The third kappa shape index (κ3) is 3.61. The van der Waals surface area contributed by atoms with E-state index in [-0.39, 0.29) is 0 Å². The zero-order valence-corrected chi connectivity index (χ0v) is 12.2. The van der Waals surface area contributed by atoms with E-state index >= 15 is 0 Å². The first-order chi connectivity index (χ1) is 9.70. The van der Waals surface area contributed by atoms with Gasteiger partial charge in [0.1, 0.15) is 0 Å². The minimum absolute atomic E-state index is 1.04. The smallest absolute Gasteiger partial charge is 0.0459 e. The topological polar surface area (TPSA) is 4.93 Å². The second-order valence-electron chi connectivity index (χ2n) is 4.89. The van der Waals surface area contributed by atoms with Crippen LogP contribution in [0.3, 0.4) is 0 Å². The molecule has 1 heterocycles. The molecule has 0 aliphatic rings. The van der Waals surface area contributed by atoms with Gasteiger partial charge in [-0.15, -0.1) is 0 Å². The van der Waals surface area contributed by atoms with E-state index in [1.54, 1.807) is 0 Å². The lowest BCUT2D eigenvalue weighted by molar-refractivity contribution is 1.06. The molecule has 0 amide bonds. The molecule has 0 spiro atoms. The largest absolute Gasteiger partial charge is 0.317 e. The van der Waals surface area contributed by atoms with E-state index in [1.165, 1.54) is 16.9 Å². The van der Waals surface area contributed by atoms with E-state index in [9.17, 15) is 0 Å². The molecule has 0 unspecified atom stereocenters. The zero-order valence-electron chi connectivity index (χ0n) is 12.2. The molecule has 0 saturated heterocycles. The fourth-order valence-corrected chi connectivity index (χ4v) is 2.01. The van der Waals surface area contributed by atoms with Gasteiger partial charge >= 0.3 is 0 Å². The van der Waals surface area contributed by atoms with E-state index in [1.807, 2.05) is 19.1 Å². The van der Waals surface area contributed by atoms with Crippen molar-refractivity contribution >= 4 is 12.2 Å². The van der Waals surface area contributed by atoms with Gasteiger partial charge in [-0.2, -0.15) is 0 Å². The Bertz CT molecular complexity index is 627. The van der Waals surface area contributed by atoms with Crippen molar-refractivity contribution in [2.45, 2.75) is 20.3 Å². The van der Waals surface area contributed by atoms with Crippen LogP contribution in [0, 0.1) is 0 Å². The second-order valence-corrected chi connectivity index (χ2v) is 4.89. The molecule has 0 fully saturated rings. The maximum absolute atomic E-state index is 3.90. The molecule has 2 aromatic rings. The van der Waals surface area contributed by atoms with Crippen molar-refractivity contribution in [2.75, 3.05) is 0 Å². The molecule has 1 aromatic carbocycles. The van der Waals surface area contributed by atoms with Gasteiger partial charge in [0.05, 0.1) is 0 Å². The molecule has 1 nitrogen and oxygen atoms in total. The van der Waals surface area contributed by atoms with Gasteiger partial charge in [0.15, 0.2) is 0 Å². The van der Waals surface area contributed by atoms with Gasteiger partial charge in [-0.1, -0.05) is 55.5 Å². The number of aromatic nitrogens is 1. The maximum atomic E-state index is 3.90. The molecule has 1 aromatic heterocycles. The zero-order chi connectivity index (χ0) is 14.4. The Morgan fingerprint density at radius 2 is 1.95 bits per heavy atom. The first kappa shape index (κ1) is 14.1. The molecule has 0 bridgehead atoms. The Morgan fingerprint density at radius 1 is 1.20 bits per heavy atom. The lowest BCUT2D eigenvalue weighted by atomic mass is 10.2. The highest BCUT2D eigenvalue weighted by Crippen LogP contribution is 2.19. The molecule has 0 atom stereocenters. The minimum atomic E-state index is 1.04. The lowest BCUT2D eigenvalue weighted by Gasteiger charge is -2.05. The van der Waals surface area contributed by atoms with Crippen LogP contribution < -0.4 is 0 Å². The molecule has 0 N–H and O–H groups in total. The number of allylic oxidation sites excluding steroid dienone is 3. The molecule has 102 valence electrons. The average Bonchev–Trinajstić information content (AvgIpc) is 2.87. The number of hydrogen-bond acceptors (Lipinski definition) is 0. The molecule has 20 heavy (non-hydrogen) atoms. The fraction of sp³-hybridized carbons (Fsp3) is 0.158. The van der Waals surface area contributed by atoms with Gasteiger partial charge in [0.25, 0.3) is 0 Å². The molecule has 1 heteroatoms. The predicted octanol–water partition coefficient (Wildman–Crippen LogP) is 5.49. The highest BCUT2D eigenvalue weighted by molar-refractivity contribution is 5.60. The Kier molecular flexibility index (Phi) is 4.78. The van der Waals surface area contributed by atoms with E-state index in [4.69, 9.17) is 0 Å². The van der Waals surface area contributed by atoms with Crippen LogP contribution in [-0.4, -0.2) is 4.57 Å². The monoisotopic (exact) mass is 263 g/mol. The second kappa shape index (κ2) is 6.76. The normalized spacial score (nSPS) is 11.5. The van der Waals surface area contributed by atoms with Gasteiger partial charge < -0.3 is 4.57 Å². The third-order valence-corrected chi connectivity index (χ3v) is 2.99. The van der Waals surface area contributed by atoms with Crippen LogP contribution in [0.4, 0.5) is 0 Å². The highest BCUT2D eigenvalue weighted by Gasteiger charge is 2.03. The van der Waals surface area contributed by atoms with Crippen molar-refractivity contribution in [3.63, 3.8) is 0 Å². The van der Waals surface area contributed by atoms with Gasteiger partial charge in [0, 0.05) is 17.6 Å². The fourth-order valence-electron chi connectivity index (χ4n) is 2.01. The Balaban J connectivity index is 2.43. The van der Waals surface area contributed by atoms with Crippen molar-refractivity contribution < 1.29 is 0 Å². The summed E-state index contributed by atoms with van der Waals surface area (Å²) in [4.78, 5) is 0. The van der Waals surface area contributed by atoms with Crippen molar-refractivity contribution in [3.8, 4) is 5.69 Å². The quantitative estimate of drug-likeness (QED) is 0.629. The molecular formula is C19H21N. The van der Waals surface area contributed by atoms with Gasteiger partial charge in [-0.25, -0.2) is 0 Å². The van der Waals surface area contributed by atoms with Crippen molar-refractivity contribution in [1.29, 1.82) is 0 Å². The average molecular weight is 263 g/mol. The van der Waals surface area contributed by atoms with Crippen molar-refractivity contribution in [1.82, 2.24) is 4.57 Å². The van der Waals surface area contributed by atoms with Crippen LogP contribution in [-0.2, 0) is 0 Å². The Labute approximate surface area is 121 Å². The Hall–Kier alpha value is -2.28. The minimum Gasteiger partial charge on any atom is -0.317 e. The van der Waals surface area contributed by atoms with Gasteiger partial charge in [0.2, 0.25) is 0 Å². The number of hydrogen-bond donors (Lipinski definition) is 0. The summed E-state index contributed by atoms with van der Waals surface area (Å²) in [5.41, 5.74) is 4.62. The summed E-state index contributed by atoms with van der Waals surface area (Å²) in [5.74, 6) is 0. The molecule has 0 saturated carbocycles. The Morgan fingerprint density at radius 3 is 2.60 bits per heavy atom. The van der Waals surface area contributed by atoms with Crippen molar-refractivity contribution in [2.24, 2.45) is 0 Å². The van der Waals surface area contributed by atoms with Crippen LogP contribution in [0.25, 0.3) is 17.8 Å². The number of rotatable bonds is 5. The van der Waals surface area contributed by atoms with Crippen LogP contribution in [0.2, 0.25) is 0 Å². The first-order valence-electron chi connectivity index (χ1n) is 6.98. The summed E-state index contributed by atoms with van der Waals surface area (Å²) in [6, 6.07) is 12.6. The van der Waals surface area contributed by atoms with Crippen LogP contribution in [0.15, 0.2) is 66.9 Å². The van der Waals surface area contributed by atoms with Crippen LogP contribution in [0.5, 0.6) is 0 Å². The van der Waals surface area contributed by atoms with E-state index in [0.29, 0.717) is 0 Å². The standard InChI is InChI=1S/C19H21N/c1-4-5-9-19-14-17(13-12-16(2)3)15-20(19)18-10-7-6-8-11-18/h5-15H,2,4H2,1,3H3/b9-5-,13-12-. The maximum Gasteiger partial charge on any atom is 0.0459 e.